The molecule has 0 aromatic rings. The third-order valence-electron chi connectivity index (χ3n) is 4.26. The van der Waals surface area contributed by atoms with E-state index in [1.54, 1.807) is 31.2 Å². The van der Waals surface area contributed by atoms with Crippen molar-refractivity contribution in [3.8, 4) is 0 Å². The maximum absolute atomic E-state index is 12.1. The fourth-order valence-electron chi connectivity index (χ4n) is 2.72. The van der Waals surface area contributed by atoms with E-state index in [-0.39, 0.29) is 31.2 Å². The van der Waals surface area contributed by atoms with Crippen LogP contribution in [0.5, 0.6) is 0 Å². The molecule has 4 atom stereocenters. The molecule has 0 spiro atoms. The maximum atomic E-state index is 12.1. The topological polar surface area (TPSA) is 95.9 Å². The van der Waals surface area contributed by atoms with Crippen molar-refractivity contribution in [3.63, 3.8) is 0 Å². The van der Waals surface area contributed by atoms with Gasteiger partial charge in [0.1, 0.15) is 11.7 Å². The lowest BCUT2D eigenvalue weighted by Crippen LogP contribution is -2.43. The van der Waals surface area contributed by atoms with Gasteiger partial charge in [0, 0.05) is 6.92 Å². The number of rotatable bonds is 3. The first-order valence-electron chi connectivity index (χ1n) is 8.48. The van der Waals surface area contributed by atoms with Crippen molar-refractivity contribution in [1.82, 2.24) is 5.32 Å². The highest BCUT2D eigenvalue weighted by atomic mass is 16.6. The summed E-state index contributed by atoms with van der Waals surface area (Å²) in [6.45, 7) is 8.38. The Hall–Kier alpha value is -1.92. The molecule has 25 heavy (non-hydrogen) atoms. The molecule has 0 aromatic heterocycles. The van der Waals surface area contributed by atoms with E-state index in [2.05, 4.69) is 11.9 Å². The molecule has 0 fully saturated rings. The summed E-state index contributed by atoms with van der Waals surface area (Å²) in [6.07, 6.45) is 6.00. The third-order valence-corrected chi connectivity index (χ3v) is 4.26. The summed E-state index contributed by atoms with van der Waals surface area (Å²) in [4.78, 5) is 23.5. The molecule has 3 N–H and O–H groups in total. The van der Waals surface area contributed by atoms with Gasteiger partial charge in [0.25, 0.3) is 0 Å². The van der Waals surface area contributed by atoms with Crippen LogP contribution in [0.2, 0.25) is 0 Å². The molecule has 0 bridgehead atoms. The number of ether oxygens (including phenoxy) is 1. The number of carbonyl (C=O) groups excluding carboxylic acids is 2. The highest BCUT2D eigenvalue weighted by Gasteiger charge is 2.33. The van der Waals surface area contributed by atoms with Crippen LogP contribution in [-0.4, -0.2) is 45.9 Å². The molecule has 0 saturated carbocycles. The summed E-state index contributed by atoms with van der Waals surface area (Å²) in [5.41, 5.74) is -0.421. The van der Waals surface area contributed by atoms with Gasteiger partial charge in [0.15, 0.2) is 0 Å². The number of carbonyl (C=O) groups is 2. The SMILES string of the molecule is C=C/C=C(\C)[C@@H]1C/C=C/[C@@H](OC(C)=O)[C@](C)(O)CC[C@@H](O)CC(=O)N1. The Kier molecular flexibility index (Phi) is 8.06. The first-order valence-corrected chi connectivity index (χ1v) is 8.48. The number of nitrogens with one attached hydrogen (secondary N) is 1. The second kappa shape index (κ2) is 9.53. The first kappa shape index (κ1) is 21.1. The van der Waals surface area contributed by atoms with Gasteiger partial charge in [-0.1, -0.05) is 30.4 Å². The Morgan fingerprint density at radius 2 is 2.16 bits per heavy atom. The predicted molar refractivity (Wildman–Crippen MR) is 95.7 cm³/mol. The van der Waals surface area contributed by atoms with Gasteiger partial charge in [-0.2, -0.15) is 0 Å². The van der Waals surface area contributed by atoms with Crippen molar-refractivity contribution >= 4 is 11.9 Å². The number of hydrogen-bond acceptors (Lipinski definition) is 5. The summed E-state index contributed by atoms with van der Waals surface area (Å²) < 4.78 is 5.23. The third kappa shape index (κ3) is 7.23. The minimum absolute atomic E-state index is 0.0457. The van der Waals surface area contributed by atoms with Crippen molar-refractivity contribution in [2.45, 2.75) is 70.3 Å². The Balaban J connectivity index is 3.10. The number of amides is 1. The molecule has 1 rings (SSSR count). The van der Waals surface area contributed by atoms with Crippen molar-refractivity contribution in [2.75, 3.05) is 0 Å². The lowest BCUT2D eigenvalue weighted by Gasteiger charge is -2.31. The number of esters is 1. The molecule has 0 aliphatic carbocycles. The van der Waals surface area contributed by atoms with Gasteiger partial charge in [-0.3, -0.25) is 9.59 Å². The smallest absolute Gasteiger partial charge is 0.303 e. The molecule has 140 valence electrons. The lowest BCUT2D eigenvalue weighted by molar-refractivity contribution is -0.156. The van der Waals surface area contributed by atoms with Gasteiger partial charge in [0.2, 0.25) is 5.91 Å². The summed E-state index contributed by atoms with van der Waals surface area (Å²) in [6, 6.07) is -0.267. The molecule has 0 unspecified atom stereocenters. The fourth-order valence-corrected chi connectivity index (χ4v) is 2.72. The average molecular weight is 351 g/mol. The quantitative estimate of drug-likeness (QED) is 0.409. The second-order valence-corrected chi connectivity index (χ2v) is 6.71. The molecule has 0 saturated heterocycles. The average Bonchev–Trinajstić information content (AvgIpc) is 2.50. The van der Waals surface area contributed by atoms with E-state index in [9.17, 15) is 19.8 Å². The molecule has 6 nitrogen and oxygen atoms in total. The van der Waals surface area contributed by atoms with E-state index >= 15 is 0 Å². The fraction of sp³-hybridized carbons (Fsp3) is 0.579. The normalized spacial score (nSPS) is 33.4. The monoisotopic (exact) mass is 351 g/mol. The zero-order valence-electron chi connectivity index (χ0n) is 15.2. The summed E-state index contributed by atoms with van der Waals surface area (Å²) >= 11 is 0. The molecule has 1 aliphatic rings. The molecule has 1 heterocycles. The summed E-state index contributed by atoms with van der Waals surface area (Å²) in [5.74, 6) is -0.741. The van der Waals surface area contributed by atoms with Gasteiger partial charge >= 0.3 is 5.97 Å². The Labute approximate surface area is 149 Å². The molecular weight excluding hydrogens is 322 g/mol. The molecule has 1 amide bonds. The first-order chi connectivity index (χ1) is 11.7. The minimum atomic E-state index is -1.33. The molecule has 0 aromatic carbocycles. The highest BCUT2D eigenvalue weighted by Crippen LogP contribution is 2.24. The van der Waals surface area contributed by atoms with Gasteiger partial charge < -0.3 is 20.3 Å². The van der Waals surface area contributed by atoms with E-state index < -0.39 is 23.8 Å². The van der Waals surface area contributed by atoms with Crippen LogP contribution < -0.4 is 5.32 Å². The maximum Gasteiger partial charge on any atom is 0.303 e. The number of allylic oxidation sites excluding steroid dienone is 2. The second-order valence-electron chi connectivity index (χ2n) is 6.71. The molecular formula is C19H29NO5. The van der Waals surface area contributed by atoms with E-state index in [0.717, 1.165) is 5.57 Å². The van der Waals surface area contributed by atoms with Crippen LogP contribution in [-0.2, 0) is 14.3 Å². The Bertz CT molecular complexity index is 550. The van der Waals surface area contributed by atoms with Gasteiger partial charge in [0.05, 0.1) is 18.6 Å². The van der Waals surface area contributed by atoms with Crippen LogP contribution in [0.15, 0.2) is 36.5 Å². The summed E-state index contributed by atoms with van der Waals surface area (Å²) in [7, 11) is 0. The number of aliphatic hydroxyl groups excluding tert-OH is 1. The van der Waals surface area contributed by atoms with Crippen molar-refractivity contribution < 1.29 is 24.5 Å². The van der Waals surface area contributed by atoms with E-state index in [1.807, 2.05) is 6.92 Å². The lowest BCUT2D eigenvalue weighted by atomic mass is 9.90. The van der Waals surface area contributed by atoms with Crippen molar-refractivity contribution in [2.24, 2.45) is 0 Å². The highest BCUT2D eigenvalue weighted by molar-refractivity contribution is 5.77. The van der Waals surface area contributed by atoms with Gasteiger partial charge in [-0.25, -0.2) is 0 Å². The standard InChI is InChI=1S/C19H29NO5/c1-5-7-13(2)16-8-6-9-17(25-14(3)21)19(4,24)11-10-15(22)12-18(23)20-16/h5-7,9,15-17,22,24H,1,8,10-12H2,2-4H3,(H,20,23)/b9-6+,13-7+/t15-,16+,17-,19-/m1/s1. The van der Waals surface area contributed by atoms with Crippen LogP contribution >= 0.6 is 0 Å². The summed E-state index contributed by atoms with van der Waals surface area (Å²) in [5, 5.41) is 23.6. The van der Waals surface area contributed by atoms with E-state index in [4.69, 9.17) is 4.74 Å². The molecule has 1 aliphatic heterocycles. The van der Waals surface area contributed by atoms with Crippen molar-refractivity contribution in [1.29, 1.82) is 0 Å². The van der Waals surface area contributed by atoms with Gasteiger partial charge in [-0.15, -0.1) is 0 Å². The van der Waals surface area contributed by atoms with E-state index in [1.165, 1.54) is 6.92 Å². The molecule has 6 heteroatoms. The van der Waals surface area contributed by atoms with E-state index in [0.29, 0.717) is 6.42 Å². The molecule has 0 radical (unpaired) electrons. The number of hydrogen-bond donors (Lipinski definition) is 3. The predicted octanol–water partition coefficient (Wildman–Crippen LogP) is 1.78. The van der Waals surface area contributed by atoms with Crippen LogP contribution in [0.4, 0.5) is 0 Å². The van der Waals surface area contributed by atoms with Crippen LogP contribution in [0.1, 0.15) is 46.5 Å². The van der Waals surface area contributed by atoms with Crippen LogP contribution in [0.3, 0.4) is 0 Å². The largest absolute Gasteiger partial charge is 0.455 e. The van der Waals surface area contributed by atoms with Crippen LogP contribution in [0, 0.1) is 0 Å². The minimum Gasteiger partial charge on any atom is -0.455 e. The van der Waals surface area contributed by atoms with Crippen molar-refractivity contribution in [3.05, 3.63) is 36.5 Å². The van der Waals surface area contributed by atoms with Crippen LogP contribution in [0.25, 0.3) is 0 Å². The number of aliphatic hydroxyl groups is 2. The Morgan fingerprint density at radius 3 is 2.76 bits per heavy atom. The van der Waals surface area contributed by atoms with Gasteiger partial charge in [-0.05, 0) is 39.2 Å². The Morgan fingerprint density at radius 1 is 1.48 bits per heavy atom. The zero-order chi connectivity index (χ0) is 19.0. The zero-order valence-corrected chi connectivity index (χ0v) is 15.2.